The summed E-state index contributed by atoms with van der Waals surface area (Å²) in [5, 5.41) is 8.70. The first-order chi connectivity index (χ1) is 7.20. The zero-order valence-corrected chi connectivity index (χ0v) is 8.95. The van der Waals surface area contributed by atoms with Crippen LogP contribution >= 0.6 is 0 Å². The van der Waals surface area contributed by atoms with Crippen molar-refractivity contribution in [1.82, 2.24) is 0 Å². The van der Waals surface area contributed by atoms with Crippen LogP contribution in [-0.4, -0.2) is 24.3 Å². The summed E-state index contributed by atoms with van der Waals surface area (Å²) in [4.78, 5) is 11.3. The second-order valence-electron chi connectivity index (χ2n) is 4.80. The SMILES string of the molecule is C=C(CO)C(=O)OCC1CC2CCC1C2. The van der Waals surface area contributed by atoms with Gasteiger partial charge in [0.1, 0.15) is 0 Å². The van der Waals surface area contributed by atoms with Crippen LogP contribution in [0.2, 0.25) is 0 Å². The Labute approximate surface area is 90.1 Å². The first-order valence-corrected chi connectivity index (χ1v) is 5.66. The predicted molar refractivity (Wildman–Crippen MR) is 56.1 cm³/mol. The highest BCUT2D eigenvalue weighted by molar-refractivity contribution is 5.87. The van der Waals surface area contributed by atoms with E-state index in [-0.39, 0.29) is 12.2 Å². The van der Waals surface area contributed by atoms with E-state index in [1.165, 1.54) is 25.7 Å². The number of ether oxygens (including phenoxy) is 1. The molecule has 0 amide bonds. The Morgan fingerprint density at radius 2 is 2.20 bits per heavy atom. The number of fused-ring (bicyclic) bond motifs is 2. The zero-order valence-electron chi connectivity index (χ0n) is 8.95. The van der Waals surface area contributed by atoms with E-state index in [2.05, 4.69) is 6.58 Å². The Morgan fingerprint density at radius 1 is 1.40 bits per heavy atom. The molecule has 3 nitrogen and oxygen atoms in total. The number of rotatable bonds is 4. The maximum absolute atomic E-state index is 11.3. The van der Waals surface area contributed by atoms with E-state index < -0.39 is 5.97 Å². The quantitative estimate of drug-likeness (QED) is 0.565. The molecule has 84 valence electrons. The van der Waals surface area contributed by atoms with Gasteiger partial charge in [0, 0.05) is 0 Å². The smallest absolute Gasteiger partial charge is 0.335 e. The third-order valence-electron chi connectivity index (χ3n) is 3.79. The lowest BCUT2D eigenvalue weighted by molar-refractivity contribution is -0.141. The van der Waals surface area contributed by atoms with Crippen molar-refractivity contribution in [3.63, 3.8) is 0 Å². The molecule has 3 heteroatoms. The lowest BCUT2D eigenvalue weighted by atomic mass is 9.89. The van der Waals surface area contributed by atoms with Crippen molar-refractivity contribution >= 4 is 5.97 Å². The summed E-state index contributed by atoms with van der Waals surface area (Å²) in [5.41, 5.74) is 0.151. The topological polar surface area (TPSA) is 46.5 Å². The highest BCUT2D eigenvalue weighted by Crippen LogP contribution is 2.48. The fourth-order valence-electron chi connectivity index (χ4n) is 2.93. The molecule has 2 aliphatic carbocycles. The van der Waals surface area contributed by atoms with E-state index in [1.54, 1.807) is 0 Å². The fraction of sp³-hybridized carbons (Fsp3) is 0.750. The highest BCUT2D eigenvalue weighted by atomic mass is 16.5. The molecule has 2 aliphatic rings. The van der Waals surface area contributed by atoms with Crippen LogP contribution in [-0.2, 0) is 9.53 Å². The number of aliphatic hydroxyl groups excluding tert-OH is 1. The average Bonchev–Trinajstić information content (AvgIpc) is 2.86. The molecule has 0 saturated heterocycles. The molecule has 0 radical (unpaired) electrons. The normalized spacial score (nSPS) is 33.0. The summed E-state index contributed by atoms with van der Waals surface area (Å²) < 4.78 is 5.13. The summed E-state index contributed by atoms with van der Waals surface area (Å²) in [7, 11) is 0. The van der Waals surface area contributed by atoms with Crippen molar-refractivity contribution in [3.05, 3.63) is 12.2 Å². The van der Waals surface area contributed by atoms with Crippen molar-refractivity contribution in [1.29, 1.82) is 0 Å². The molecule has 0 aliphatic heterocycles. The molecule has 1 N–H and O–H groups in total. The minimum absolute atomic E-state index is 0.151. The van der Waals surface area contributed by atoms with Crippen LogP contribution in [0.5, 0.6) is 0 Å². The summed E-state index contributed by atoms with van der Waals surface area (Å²) in [6, 6.07) is 0. The minimum atomic E-state index is -0.444. The predicted octanol–water partition coefficient (Wildman–Crippen LogP) is 1.51. The van der Waals surface area contributed by atoms with Gasteiger partial charge in [-0.3, -0.25) is 0 Å². The molecule has 0 aromatic rings. The van der Waals surface area contributed by atoms with Crippen LogP contribution in [0.4, 0.5) is 0 Å². The van der Waals surface area contributed by atoms with Crippen LogP contribution in [0.15, 0.2) is 12.2 Å². The Hall–Kier alpha value is -0.830. The molecule has 0 heterocycles. The van der Waals surface area contributed by atoms with E-state index >= 15 is 0 Å². The summed E-state index contributed by atoms with van der Waals surface area (Å²) in [6.07, 6.45) is 5.19. The van der Waals surface area contributed by atoms with Gasteiger partial charge in [-0.15, -0.1) is 0 Å². The van der Waals surface area contributed by atoms with E-state index in [1.807, 2.05) is 0 Å². The Balaban J connectivity index is 1.75. The summed E-state index contributed by atoms with van der Waals surface area (Å²) in [6.45, 7) is 3.64. The van der Waals surface area contributed by atoms with E-state index in [0.717, 1.165) is 11.8 Å². The number of carbonyl (C=O) groups excluding carboxylic acids is 1. The first-order valence-electron chi connectivity index (χ1n) is 5.66. The van der Waals surface area contributed by atoms with Crippen LogP contribution in [0, 0.1) is 17.8 Å². The third kappa shape index (κ3) is 2.23. The molecule has 2 bridgehead atoms. The van der Waals surface area contributed by atoms with Gasteiger partial charge in [-0.1, -0.05) is 13.0 Å². The van der Waals surface area contributed by atoms with Crippen LogP contribution in [0.1, 0.15) is 25.7 Å². The molecule has 3 atom stereocenters. The van der Waals surface area contributed by atoms with Gasteiger partial charge in [0.15, 0.2) is 0 Å². The molecule has 0 aromatic heterocycles. The number of hydrogen-bond acceptors (Lipinski definition) is 3. The van der Waals surface area contributed by atoms with Gasteiger partial charge in [-0.2, -0.15) is 0 Å². The van der Waals surface area contributed by atoms with Gasteiger partial charge in [0.25, 0.3) is 0 Å². The Bertz CT molecular complexity index is 272. The molecule has 2 rings (SSSR count). The lowest BCUT2D eigenvalue weighted by Crippen LogP contribution is -2.20. The summed E-state index contributed by atoms with van der Waals surface area (Å²) >= 11 is 0. The Kier molecular flexibility index (Phi) is 3.10. The molecular formula is C12H18O3. The lowest BCUT2D eigenvalue weighted by Gasteiger charge is -2.21. The van der Waals surface area contributed by atoms with Crippen LogP contribution in [0.3, 0.4) is 0 Å². The van der Waals surface area contributed by atoms with Crippen molar-refractivity contribution < 1.29 is 14.6 Å². The molecule has 2 fully saturated rings. The second-order valence-corrected chi connectivity index (χ2v) is 4.80. The van der Waals surface area contributed by atoms with E-state index in [9.17, 15) is 4.79 Å². The molecule has 15 heavy (non-hydrogen) atoms. The maximum atomic E-state index is 11.3. The van der Waals surface area contributed by atoms with Crippen molar-refractivity contribution in [2.45, 2.75) is 25.7 Å². The molecular weight excluding hydrogens is 192 g/mol. The van der Waals surface area contributed by atoms with Gasteiger partial charge in [0.2, 0.25) is 0 Å². The van der Waals surface area contributed by atoms with Crippen molar-refractivity contribution in [2.24, 2.45) is 17.8 Å². The van der Waals surface area contributed by atoms with Gasteiger partial charge in [-0.25, -0.2) is 4.79 Å². The van der Waals surface area contributed by atoms with Crippen molar-refractivity contribution in [2.75, 3.05) is 13.2 Å². The molecule has 0 spiro atoms. The minimum Gasteiger partial charge on any atom is -0.462 e. The largest absolute Gasteiger partial charge is 0.462 e. The second kappa shape index (κ2) is 4.35. The third-order valence-corrected chi connectivity index (χ3v) is 3.79. The first kappa shape index (κ1) is 10.7. The highest BCUT2D eigenvalue weighted by Gasteiger charge is 2.39. The fourth-order valence-corrected chi connectivity index (χ4v) is 2.93. The number of aliphatic hydroxyl groups is 1. The van der Waals surface area contributed by atoms with Crippen LogP contribution in [0.25, 0.3) is 0 Å². The Morgan fingerprint density at radius 3 is 2.73 bits per heavy atom. The van der Waals surface area contributed by atoms with Gasteiger partial charge in [0.05, 0.1) is 18.8 Å². The number of carbonyl (C=O) groups is 1. The van der Waals surface area contributed by atoms with E-state index in [4.69, 9.17) is 9.84 Å². The molecule has 0 aromatic carbocycles. The van der Waals surface area contributed by atoms with Gasteiger partial charge < -0.3 is 9.84 Å². The maximum Gasteiger partial charge on any atom is 0.335 e. The van der Waals surface area contributed by atoms with Gasteiger partial charge in [-0.05, 0) is 37.0 Å². The number of esters is 1. The zero-order chi connectivity index (χ0) is 10.8. The molecule has 2 saturated carbocycles. The average molecular weight is 210 g/mol. The van der Waals surface area contributed by atoms with Crippen LogP contribution < -0.4 is 0 Å². The van der Waals surface area contributed by atoms with Gasteiger partial charge >= 0.3 is 5.97 Å². The van der Waals surface area contributed by atoms with E-state index in [0.29, 0.717) is 12.5 Å². The summed E-state index contributed by atoms with van der Waals surface area (Å²) in [5.74, 6) is 1.75. The number of hydrogen-bond donors (Lipinski definition) is 1. The monoisotopic (exact) mass is 210 g/mol. The molecule has 3 unspecified atom stereocenters. The van der Waals surface area contributed by atoms with Crippen molar-refractivity contribution in [3.8, 4) is 0 Å². The standard InChI is InChI=1S/C12H18O3/c1-8(6-13)12(14)15-7-11-5-9-2-3-10(11)4-9/h9-11,13H,1-7H2.